The topological polar surface area (TPSA) is 74.7 Å². The van der Waals surface area contributed by atoms with Crippen LogP contribution in [0.15, 0.2) is 0 Å². The summed E-state index contributed by atoms with van der Waals surface area (Å²) in [7, 11) is -3.41. The zero-order chi connectivity index (χ0) is 12.9. The molecule has 0 amide bonds. The maximum atomic E-state index is 12.1. The van der Waals surface area contributed by atoms with Crippen LogP contribution in [0.4, 0.5) is 0 Å². The second kappa shape index (κ2) is 6.35. The van der Waals surface area contributed by atoms with Crippen LogP contribution in [0.1, 0.15) is 45.4 Å². The van der Waals surface area contributed by atoms with E-state index in [0.29, 0.717) is 6.42 Å². The number of carboxylic acids is 1. The molecule has 1 rings (SSSR count). The summed E-state index contributed by atoms with van der Waals surface area (Å²) in [4.78, 5) is 10.8. The molecule has 0 radical (unpaired) electrons. The van der Waals surface area contributed by atoms with Crippen LogP contribution in [0, 0.1) is 0 Å². The van der Waals surface area contributed by atoms with E-state index in [9.17, 15) is 13.2 Å². The number of hydrogen-bond acceptors (Lipinski definition) is 3. The second-order valence-corrected chi connectivity index (χ2v) is 6.59. The Balaban J connectivity index is 2.76. The highest BCUT2D eigenvalue weighted by Gasteiger charge is 2.32. The van der Waals surface area contributed by atoms with E-state index in [1.54, 1.807) is 0 Å². The van der Waals surface area contributed by atoms with E-state index in [-0.39, 0.29) is 11.8 Å². The molecule has 0 spiro atoms. The summed E-state index contributed by atoms with van der Waals surface area (Å²) in [5.74, 6) is -1.01. The van der Waals surface area contributed by atoms with Gasteiger partial charge in [0.25, 0.3) is 0 Å². The van der Waals surface area contributed by atoms with Crippen LogP contribution in [0.2, 0.25) is 0 Å². The smallest absolute Gasteiger partial charge is 0.318 e. The number of rotatable bonds is 7. The molecular weight excluding hydrogens is 242 g/mol. The van der Waals surface area contributed by atoms with Gasteiger partial charge in [0.1, 0.15) is 6.54 Å². The number of nitrogens with zero attached hydrogens (tertiary/aromatic N) is 1. The molecule has 0 aromatic carbocycles. The lowest BCUT2D eigenvalue weighted by atomic mass is 10.2. The molecule has 100 valence electrons. The van der Waals surface area contributed by atoms with Gasteiger partial charge in [-0.05, 0) is 19.3 Å². The maximum absolute atomic E-state index is 12.1. The van der Waals surface area contributed by atoms with Gasteiger partial charge in [-0.15, -0.1) is 0 Å². The Morgan fingerprint density at radius 1 is 1.35 bits per heavy atom. The predicted octanol–water partition coefficient (Wildman–Crippen LogP) is 1.45. The van der Waals surface area contributed by atoms with Gasteiger partial charge in [0.2, 0.25) is 10.0 Å². The lowest BCUT2D eigenvalue weighted by Gasteiger charge is -2.26. The van der Waals surface area contributed by atoms with Crippen molar-refractivity contribution in [3.05, 3.63) is 0 Å². The Hall–Kier alpha value is -0.620. The van der Waals surface area contributed by atoms with Gasteiger partial charge in [-0.3, -0.25) is 4.79 Å². The Morgan fingerprint density at radius 3 is 2.41 bits per heavy atom. The average molecular weight is 263 g/mol. The molecular formula is C11H21NO4S. The minimum absolute atomic E-state index is 0.0628. The van der Waals surface area contributed by atoms with Crippen LogP contribution in [-0.2, 0) is 14.8 Å². The fraction of sp³-hybridized carbons (Fsp3) is 0.909. The number of hydrogen-bond donors (Lipinski definition) is 1. The Bertz CT molecular complexity index is 346. The third-order valence-electron chi connectivity index (χ3n) is 3.14. The normalized spacial score (nSPS) is 17.8. The molecule has 0 aromatic rings. The van der Waals surface area contributed by atoms with E-state index in [4.69, 9.17) is 5.11 Å². The van der Waals surface area contributed by atoms with E-state index >= 15 is 0 Å². The summed E-state index contributed by atoms with van der Waals surface area (Å²) in [6.45, 7) is 1.53. The number of sulfonamides is 1. The Labute approximate surface area is 103 Å². The molecule has 0 saturated heterocycles. The van der Waals surface area contributed by atoms with Crippen molar-refractivity contribution >= 4 is 16.0 Å². The summed E-state index contributed by atoms with van der Waals surface area (Å²) < 4.78 is 25.4. The molecule has 17 heavy (non-hydrogen) atoms. The molecule has 1 aliphatic carbocycles. The Morgan fingerprint density at radius 2 is 1.94 bits per heavy atom. The molecule has 0 unspecified atom stereocenters. The molecule has 1 aliphatic rings. The van der Waals surface area contributed by atoms with Crippen LogP contribution >= 0.6 is 0 Å². The molecule has 1 N–H and O–H groups in total. The Kier molecular flexibility index (Phi) is 5.39. The lowest BCUT2D eigenvalue weighted by molar-refractivity contribution is -0.137. The van der Waals surface area contributed by atoms with Crippen molar-refractivity contribution in [3.63, 3.8) is 0 Å². The lowest BCUT2D eigenvalue weighted by Crippen LogP contribution is -2.43. The van der Waals surface area contributed by atoms with E-state index in [1.807, 2.05) is 6.92 Å². The van der Waals surface area contributed by atoms with Gasteiger partial charge in [-0.1, -0.05) is 26.2 Å². The van der Waals surface area contributed by atoms with Crippen molar-refractivity contribution < 1.29 is 18.3 Å². The largest absolute Gasteiger partial charge is 0.480 e. The highest BCUT2D eigenvalue weighted by atomic mass is 32.2. The van der Waals surface area contributed by atoms with Crippen molar-refractivity contribution in [2.75, 3.05) is 12.3 Å². The number of carboxylic acid groups (broad SMARTS) is 1. The average Bonchev–Trinajstić information content (AvgIpc) is 2.76. The summed E-state index contributed by atoms with van der Waals surface area (Å²) >= 11 is 0. The molecule has 0 aliphatic heterocycles. The third kappa shape index (κ3) is 4.27. The highest BCUT2D eigenvalue weighted by molar-refractivity contribution is 7.89. The van der Waals surface area contributed by atoms with E-state index in [2.05, 4.69) is 0 Å². The third-order valence-corrected chi connectivity index (χ3v) is 5.08. The zero-order valence-electron chi connectivity index (χ0n) is 10.3. The summed E-state index contributed by atoms with van der Waals surface area (Å²) in [5.41, 5.74) is 0. The van der Waals surface area contributed by atoms with Crippen molar-refractivity contribution in [2.24, 2.45) is 0 Å². The molecule has 0 atom stereocenters. The number of carbonyl (C=O) groups is 1. The van der Waals surface area contributed by atoms with Crippen LogP contribution < -0.4 is 0 Å². The molecule has 0 heterocycles. The summed E-state index contributed by atoms with van der Waals surface area (Å²) in [5, 5.41) is 8.83. The van der Waals surface area contributed by atoms with Gasteiger partial charge in [0.05, 0.1) is 5.75 Å². The van der Waals surface area contributed by atoms with Crippen molar-refractivity contribution in [3.8, 4) is 0 Å². The molecule has 0 bridgehead atoms. The SMILES string of the molecule is CCCCS(=O)(=O)N(CC(=O)O)C1CCCC1. The van der Waals surface area contributed by atoms with Gasteiger partial charge in [-0.25, -0.2) is 8.42 Å². The van der Waals surface area contributed by atoms with Crippen molar-refractivity contribution in [2.45, 2.75) is 51.5 Å². The van der Waals surface area contributed by atoms with Gasteiger partial charge in [0, 0.05) is 6.04 Å². The van der Waals surface area contributed by atoms with Gasteiger partial charge in [-0.2, -0.15) is 4.31 Å². The van der Waals surface area contributed by atoms with Crippen LogP contribution in [-0.4, -0.2) is 42.1 Å². The minimum atomic E-state index is -3.41. The molecule has 0 aromatic heterocycles. The molecule has 1 saturated carbocycles. The second-order valence-electron chi connectivity index (χ2n) is 4.55. The van der Waals surface area contributed by atoms with Gasteiger partial charge >= 0.3 is 5.97 Å². The summed E-state index contributed by atoms with van der Waals surface area (Å²) in [6, 6.07) is -0.104. The van der Waals surface area contributed by atoms with Gasteiger partial charge in [0.15, 0.2) is 0 Å². The zero-order valence-corrected chi connectivity index (χ0v) is 11.1. The van der Waals surface area contributed by atoms with E-state index < -0.39 is 22.5 Å². The fourth-order valence-corrected chi connectivity index (χ4v) is 4.08. The highest BCUT2D eigenvalue weighted by Crippen LogP contribution is 2.26. The van der Waals surface area contributed by atoms with E-state index in [0.717, 1.165) is 32.1 Å². The van der Waals surface area contributed by atoms with Crippen LogP contribution in [0.25, 0.3) is 0 Å². The summed E-state index contributed by atoms with van der Waals surface area (Å²) in [6.07, 6.45) is 4.95. The van der Waals surface area contributed by atoms with Gasteiger partial charge < -0.3 is 5.11 Å². The first-order valence-electron chi connectivity index (χ1n) is 6.18. The predicted molar refractivity (Wildman–Crippen MR) is 65.3 cm³/mol. The van der Waals surface area contributed by atoms with Crippen LogP contribution in [0.5, 0.6) is 0 Å². The standard InChI is InChI=1S/C11H21NO4S/c1-2-3-8-17(15,16)12(9-11(13)14)10-6-4-5-7-10/h10H,2-9H2,1H3,(H,13,14). The quantitative estimate of drug-likeness (QED) is 0.754. The first-order valence-corrected chi connectivity index (χ1v) is 7.79. The monoisotopic (exact) mass is 263 g/mol. The molecule has 5 nitrogen and oxygen atoms in total. The number of aliphatic carboxylic acids is 1. The van der Waals surface area contributed by atoms with E-state index in [1.165, 1.54) is 4.31 Å². The first-order chi connectivity index (χ1) is 7.97. The maximum Gasteiger partial charge on any atom is 0.318 e. The molecule has 6 heteroatoms. The number of unbranched alkanes of at least 4 members (excludes halogenated alkanes) is 1. The van der Waals surface area contributed by atoms with Crippen LogP contribution in [0.3, 0.4) is 0 Å². The fourth-order valence-electron chi connectivity index (χ4n) is 2.22. The minimum Gasteiger partial charge on any atom is -0.480 e. The van der Waals surface area contributed by atoms with Crippen molar-refractivity contribution in [1.29, 1.82) is 0 Å². The van der Waals surface area contributed by atoms with Crippen molar-refractivity contribution in [1.82, 2.24) is 4.31 Å². The molecule has 1 fully saturated rings. The first kappa shape index (κ1) is 14.4.